The molecule has 0 aliphatic carbocycles. The smallest absolute Gasteiger partial charge is 0.204 e. The van der Waals surface area contributed by atoms with E-state index in [1.54, 1.807) is 12.4 Å². The summed E-state index contributed by atoms with van der Waals surface area (Å²) < 4.78 is 2.12. The number of rotatable bonds is 5. The topological polar surface area (TPSA) is 68.8 Å². The molecule has 0 radical (unpaired) electrons. The van der Waals surface area contributed by atoms with E-state index >= 15 is 0 Å². The molecule has 2 heterocycles. The van der Waals surface area contributed by atoms with Gasteiger partial charge in [-0.3, -0.25) is 4.98 Å². The van der Waals surface area contributed by atoms with Gasteiger partial charge in [-0.2, -0.15) is 0 Å². The van der Waals surface area contributed by atoms with Crippen molar-refractivity contribution in [3.05, 3.63) is 54.4 Å². The van der Waals surface area contributed by atoms with Crippen LogP contribution >= 0.6 is 0 Å². The average Bonchev–Trinajstić information content (AvgIpc) is 2.85. The molecule has 3 aromatic rings. The van der Waals surface area contributed by atoms with E-state index in [0.29, 0.717) is 6.54 Å². The fourth-order valence-electron chi connectivity index (χ4n) is 2.25. The molecule has 0 fully saturated rings. The van der Waals surface area contributed by atoms with E-state index in [4.69, 9.17) is 5.73 Å². The number of nitrogens with zero attached hydrogens (tertiary/aromatic N) is 3. The number of benzene rings is 1. The normalized spacial score (nSPS) is 10.8. The summed E-state index contributed by atoms with van der Waals surface area (Å²) in [7, 11) is 0. The van der Waals surface area contributed by atoms with Crippen molar-refractivity contribution >= 4 is 17.0 Å². The van der Waals surface area contributed by atoms with Crippen molar-refractivity contribution in [3.63, 3.8) is 0 Å². The number of pyridine rings is 1. The second kappa shape index (κ2) is 5.71. The lowest BCUT2D eigenvalue weighted by molar-refractivity contribution is 0.730. The van der Waals surface area contributed by atoms with Crippen LogP contribution in [0.4, 0.5) is 5.95 Å². The first-order valence-corrected chi connectivity index (χ1v) is 6.66. The van der Waals surface area contributed by atoms with Gasteiger partial charge >= 0.3 is 0 Å². The molecule has 0 amide bonds. The summed E-state index contributed by atoms with van der Waals surface area (Å²) >= 11 is 0. The van der Waals surface area contributed by atoms with Gasteiger partial charge in [-0.1, -0.05) is 12.1 Å². The molecule has 5 nitrogen and oxygen atoms in total. The number of imidazole rings is 1. The highest BCUT2D eigenvalue weighted by molar-refractivity contribution is 5.78. The largest absolute Gasteiger partial charge is 0.352 e. The number of aromatic nitrogens is 3. The van der Waals surface area contributed by atoms with Crippen LogP contribution < -0.4 is 11.1 Å². The van der Waals surface area contributed by atoms with Gasteiger partial charge in [0.1, 0.15) is 0 Å². The van der Waals surface area contributed by atoms with Crippen molar-refractivity contribution in [3.8, 4) is 0 Å². The van der Waals surface area contributed by atoms with E-state index in [1.807, 2.05) is 30.3 Å². The van der Waals surface area contributed by atoms with Crippen LogP contribution in [0.15, 0.2) is 48.8 Å². The van der Waals surface area contributed by atoms with E-state index in [0.717, 1.165) is 30.1 Å². The van der Waals surface area contributed by atoms with E-state index in [-0.39, 0.29) is 0 Å². The van der Waals surface area contributed by atoms with Crippen molar-refractivity contribution in [1.29, 1.82) is 0 Å². The van der Waals surface area contributed by atoms with Crippen LogP contribution in [-0.4, -0.2) is 21.1 Å². The van der Waals surface area contributed by atoms with Crippen molar-refractivity contribution in [2.24, 2.45) is 5.73 Å². The van der Waals surface area contributed by atoms with E-state index in [9.17, 15) is 0 Å². The van der Waals surface area contributed by atoms with Crippen molar-refractivity contribution in [2.75, 3.05) is 11.9 Å². The number of nitrogens with one attached hydrogen (secondary N) is 1. The van der Waals surface area contributed by atoms with Crippen LogP contribution in [0.3, 0.4) is 0 Å². The molecular weight excluding hydrogens is 250 g/mol. The van der Waals surface area contributed by atoms with Crippen LogP contribution in [0.1, 0.15) is 5.56 Å². The van der Waals surface area contributed by atoms with Crippen LogP contribution in [0.25, 0.3) is 11.0 Å². The Kier molecular flexibility index (Phi) is 3.60. The second-order valence-corrected chi connectivity index (χ2v) is 4.57. The van der Waals surface area contributed by atoms with Crippen LogP contribution in [0.5, 0.6) is 0 Å². The third-order valence-corrected chi connectivity index (χ3v) is 3.21. The minimum Gasteiger partial charge on any atom is -0.352 e. The molecule has 0 aliphatic heterocycles. The molecule has 0 saturated carbocycles. The Morgan fingerprint density at radius 1 is 1.10 bits per heavy atom. The third kappa shape index (κ3) is 2.48. The standard InChI is InChI=1S/C15H17N5/c16-7-10-20-14-4-2-1-3-13(14)19-15(20)18-11-12-5-8-17-9-6-12/h1-6,8-9H,7,10-11,16H2,(H,18,19). The first kappa shape index (κ1) is 12.6. The highest BCUT2D eigenvalue weighted by Gasteiger charge is 2.09. The molecule has 0 aliphatic rings. The second-order valence-electron chi connectivity index (χ2n) is 4.57. The maximum Gasteiger partial charge on any atom is 0.204 e. The molecular formula is C15H17N5. The molecule has 1 aromatic carbocycles. The van der Waals surface area contributed by atoms with E-state index < -0.39 is 0 Å². The minimum absolute atomic E-state index is 0.588. The third-order valence-electron chi connectivity index (χ3n) is 3.21. The van der Waals surface area contributed by atoms with Crippen LogP contribution in [-0.2, 0) is 13.1 Å². The molecule has 0 bridgehead atoms. The SMILES string of the molecule is NCCn1c(NCc2ccncc2)nc2ccccc21. The van der Waals surface area contributed by atoms with Gasteiger partial charge in [-0.05, 0) is 29.8 Å². The molecule has 0 saturated heterocycles. The Bertz CT molecular complexity index is 690. The summed E-state index contributed by atoms with van der Waals surface area (Å²) in [6, 6.07) is 12.1. The van der Waals surface area contributed by atoms with Gasteiger partial charge < -0.3 is 15.6 Å². The van der Waals surface area contributed by atoms with Gasteiger partial charge in [0.15, 0.2) is 0 Å². The quantitative estimate of drug-likeness (QED) is 0.742. The molecule has 0 atom stereocenters. The Morgan fingerprint density at radius 2 is 1.90 bits per heavy atom. The summed E-state index contributed by atoms with van der Waals surface area (Å²) in [4.78, 5) is 8.64. The lowest BCUT2D eigenvalue weighted by atomic mass is 10.3. The van der Waals surface area contributed by atoms with Crippen LogP contribution in [0.2, 0.25) is 0 Å². The predicted molar refractivity (Wildman–Crippen MR) is 80.4 cm³/mol. The fourth-order valence-corrected chi connectivity index (χ4v) is 2.25. The molecule has 20 heavy (non-hydrogen) atoms. The molecule has 5 heteroatoms. The van der Waals surface area contributed by atoms with Gasteiger partial charge in [0.05, 0.1) is 11.0 Å². The van der Waals surface area contributed by atoms with Crippen molar-refractivity contribution in [2.45, 2.75) is 13.1 Å². The number of hydrogen-bond donors (Lipinski definition) is 2. The molecule has 0 unspecified atom stereocenters. The lowest BCUT2D eigenvalue weighted by Crippen LogP contribution is -2.13. The molecule has 102 valence electrons. The average molecular weight is 267 g/mol. The van der Waals surface area contributed by atoms with Gasteiger partial charge in [0.2, 0.25) is 5.95 Å². The monoisotopic (exact) mass is 267 g/mol. The number of para-hydroxylation sites is 2. The number of nitrogens with two attached hydrogens (primary N) is 1. The summed E-state index contributed by atoms with van der Waals surface area (Å²) in [6.07, 6.45) is 3.58. The first-order valence-electron chi connectivity index (χ1n) is 6.66. The van der Waals surface area contributed by atoms with Crippen molar-refractivity contribution in [1.82, 2.24) is 14.5 Å². The van der Waals surface area contributed by atoms with E-state index in [2.05, 4.69) is 25.9 Å². The Morgan fingerprint density at radius 3 is 2.70 bits per heavy atom. The van der Waals surface area contributed by atoms with Crippen LogP contribution in [0, 0.1) is 0 Å². The summed E-state index contributed by atoms with van der Waals surface area (Å²) in [5.74, 6) is 0.855. The maximum absolute atomic E-state index is 5.70. The van der Waals surface area contributed by atoms with E-state index in [1.165, 1.54) is 5.56 Å². The summed E-state index contributed by atoms with van der Waals surface area (Å²) in [5.41, 5.74) is 8.97. The van der Waals surface area contributed by atoms with Gasteiger partial charge in [0.25, 0.3) is 0 Å². The lowest BCUT2D eigenvalue weighted by Gasteiger charge is -2.09. The Balaban J connectivity index is 1.88. The fraction of sp³-hybridized carbons (Fsp3) is 0.200. The Hall–Kier alpha value is -2.40. The highest BCUT2D eigenvalue weighted by atomic mass is 15.2. The van der Waals surface area contributed by atoms with Crippen molar-refractivity contribution < 1.29 is 0 Å². The summed E-state index contributed by atoms with van der Waals surface area (Å²) in [6.45, 7) is 2.06. The van der Waals surface area contributed by atoms with Gasteiger partial charge in [-0.25, -0.2) is 4.98 Å². The Labute approximate surface area is 117 Å². The maximum atomic E-state index is 5.70. The van der Waals surface area contributed by atoms with Gasteiger partial charge in [-0.15, -0.1) is 0 Å². The number of anilines is 1. The van der Waals surface area contributed by atoms with Gasteiger partial charge in [0, 0.05) is 32.0 Å². The summed E-state index contributed by atoms with van der Waals surface area (Å²) in [5, 5.41) is 3.37. The molecule has 3 N–H and O–H groups in total. The first-order chi connectivity index (χ1) is 9.88. The molecule has 0 spiro atoms. The highest BCUT2D eigenvalue weighted by Crippen LogP contribution is 2.19. The minimum atomic E-state index is 0.588. The zero-order valence-electron chi connectivity index (χ0n) is 11.2. The predicted octanol–water partition coefficient (Wildman–Crippen LogP) is 2.00. The zero-order chi connectivity index (χ0) is 13.8. The number of fused-ring (bicyclic) bond motifs is 1. The molecule has 2 aromatic heterocycles. The zero-order valence-corrected chi connectivity index (χ0v) is 11.2. The number of hydrogen-bond acceptors (Lipinski definition) is 4. The molecule has 3 rings (SSSR count).